The van der Waals surface area contributed by atoms with Crippen LogP contribution in [0.2, 0.25) is 0 Å². The highest BCUT2D eigenvalue weighted by Gasteiger charge is 2.30. The molecule has 0 aliphatic rings. The lowest BCUT2D eigenvalue weighted by Crippen LogP contribution is -2.04. The van der Waals surface area contributed by atoms with Gasteiger partial charge in [-0.3, -0.25) is 4.79 Å². The summed E-state index contributed by atoms with van der Waals surface area (Å²) in [6.45, 7) is 0. The molecule has 1 heterocycles. The van der Waals surface area contributed by atoms with E-state index < -0.39 is 11.7 Å². The molecule has 0 spiro atoms. The van der Waals surface area contributed by atoms with Crippen LogP contribution >= 0.6 is 11.8 Å². The van der Waals surface area contributed by atoms with E-state index in [0.717, 1.165) is 12.1 Å². The number of hydrogen-bond donors (Lipinski definition) is 1. The van der Waals surface area contributed by atoms with Gasteiger partial charge in [-0.15, -0.1) is 11.8 Å². The molecule has 1 aromatic heterocycles. The summed E-state index contributed by atoms with van der Waals surface area (Å²) in [5.41, 5.74) is -0.397. The van der Waals surface area contributed by atoms with E-state index in [1.54, 1.807) is 6.07 Å². The summed E-state index contributed by atoms with van der Waals surface area (Å²) in [6, 6.07) is 6.50. The summed E-state index contributed by atoms with van der Waals surface area (Å²) in [5.74, 6) is 1.32. The minimum absolute atomic E-state index is 0.324. The van der Waals surface area contributed by atoms with Crippen molar-refractivity contribution >= 4 is 11.8 Å². The summed E-state index contributed by atoms with van der Waals surface area (Å²) >= 11 is 1.37. The molecule has 7 heteroatoms. The molecular weight excluding hydrogens is 279 g/mol. The molecule has 0 saturated heterocycles. The molecular formula is C12H10F3NO2S. The maximum atomic E-state index is 12.5. The number of rotatable bonds is 4. The topological polar surface area (TPSA) is 46.0 Å². The van der Waals surface area contributed by atoms with Crippen LogP contribution in [0, 0.1) is 0 Å². The van der Waals surface area contributed by atoms with Gasteiger partial charge >= 0.3 is 6.18 Å². The fraction of sp³-hybridized carbons (Fsp3) is 0.250. The molecule has 102 valence electrons. The van der Waals surface area contributed by atoms with Gasteiger partial charge in [0.05, 0.1) is 11.3 Å². The molecule has 0 unspecified atom stereocenters. The van der Waals surface area contributed by atoms with Crippen molar-refractivity contribution in [2.24, 2.45) is 0 Å². The molecule has 19 heavy (non-hydrogen) atoms. The fourth-order valence-corrected chi connectivity index (χ4v) is 2.36. The number of aromatic amines is 1. The Morgan fingerprint density at radius 2 is 2.00 bits per heavy atom. The summed E-state index contributed by atoms with van der Waals surface area (Å²) < 4.78 is 42.3. The first-order valence-corrected chi connectivity index (χ1v) is 6.52. The Bertz CT molecular complexity index is 603. The van der Waals surface area contributed by atoms with Crippen LogP contribution in [0.4, 0.5) is 13.2 Å². The largest absolute Gasteiger partial charge is 0.416 e. The van der Waals surface area contributed by atoms with Crippen LogP contribution in [0.25, 0.3) is 0 Å². The second-order valence-corrected chi connectivity index (χ2v) is 4.86. The zero-order chi connectivity index (χ0) is 13.9. The standard InChI is InChI=1S/C12H10F3NO2S/c13-12(14,15)9-3-1-2-8(4-9)6-19-7-10-5-11(17)16-18-10/h1-5H,6-7H2,(H,16,17). The Kier molecular flexibility index (Phi) is 4.04. The third kappa shape index (κ3) is 3.92. The zero-order valence-electron chi connectivity index (χ0n) is 9.66. The lowest BCUT2D eigenvalue weighted by Gasteiger charge is -2.08. The van der Waals surface area contributed by atoms with Gasteiger partial charge in [0.1, 0.15) is 5.76 Å². The second kappa shape index (κ2) is 5.56. The van der Waals surface area contributed by atoms with E-state index in [1.807, 2.05) is 0 Å². The Morgan fingerprint density at radius 3 is 2.63 bits per heavy atom. The Hall–Kier alpha value is -1.63. The number of benzene rings is 1. The van der Waals surface area contributed by atoms with Crippen molar-refractivity contribution in [1.82, 2.24) is 5.16 Å². The summed E-state index contributed by atoms with van der Waals surface area (Å²) in [5, 5.41) is 2.15. The van der Waals surface area contributed by atoms with Gasteiger partial charge in [-0.1, -0.05) is 18.2 Å². The Balaban J connectivity index is 1.94. The minimum Gasteiger partial charge on any atom is -0.383 e. The Morgan fingerprint density at radius 1 is 1.21 bits per heavy atom. The number of hydrogen-bond acceptors (Lipinski definition) is 3. The first-order chi connectivity index (χ1) is 8.95. The Labute approximate surface area is 110 Å². The van der Waals surface area contributed by atoms with Gasteiger partial charge in [0.25, 0.3) is 5.56 Å². The molecule has 2 aromatic rings. The number of H-pyrrole nitrogens is 1. The summed E-state index contributed by atoms with van der Waals surface area (Å²) in [6.07, 6.45) is -4.33. The highest BCUT2D eigenvalue weighted by Crippen LogP contribution is 2.30. The van der Waals surface area contributed by atoms with Crippen LogP contribution in [0.1, 0.15) is 16.9 Å². The van der Waals surface area contributed by atoms with Crippen LogP contribution < -0.4 is 5.56 Å². The van der Waals surface area contributed by atoms with Crippen molar-refractivity contribution in [3.63, 3.8) is 0 Å². The van der Waals surface area contributed by atoms with Crippen molar-refractivity contribution < 1.29 is 17.7 Å². The van der Waals surface area contributed by atoms with E-state index in [0.29, 0.717) is 22.8 Å². The number of thioether (sulfide) groups is 1. The first-order valence-electron chi connectivity index (χ1n) is 5.36. The van der Waals surface area contributed by atoms with E-state index in [4.69, 9.17) is 4.52 Å². The molecule has 0 radical (unpaired) electrons. The SMILES string of the molecule is O=c1cc(CSCc2cccc(C(F)(F)F)c2)o[nH]1. The van der Waals surface area contributed by atoms with Crippen LogP contribution in [-0.4, -0.2) is 5.16 Å². The van der Waals surface area contributed by atoms with E-state index >= 15 is 0 Å². The number of halogens is 3. The second-order valence-electron chi connectivity index (χ2n) is 3.87. The molecule has 3 nitrogen and oxygen atoms in total. The maximum absolute atomic E-state index is 12.5. The third-order valence-corrected chi connectivity index (χ3v) is 3.37. The average Bonchev–Trinajstić information content (AvgIpc) is 2.74. The molecule has 0 amide bonds. The predicted octanol–water partition coefficient (Wildman–Crippen LogP) is 3.42. The minimum atomic E-state index is -4.33. The molecule has 0 bridgehead atoms. The van der Waals surface area contributed by atoms with Crippen molar-refractivity contribution in [2.75, 3.05) is 0 Å². The smallest absolute Gasteiger partial charge is 0.383 e. The number of nitrogens with one attached hydrogen (secondary N) is 1. The quantitative estimate of drug-likeness (QED) is 0.938. The van der Waals surface area contributed by atoms with Gasteiger partial charge in [-0.25, -0.2) is 0 Å². The molecule has 0 aliphatic carbocycles. The first kappa shape index (κ1) is 13.8. The van der Waals surface area contributed by atoms with E-state index in [1.165, 1.54) is 23.9 Å². The lowest BCUT2D eigenvalue weighted by molar-refractivity contribution is -0.137. The lowest BCUT2D eigenvalue weighted by atomic mass is 10.1. The molecule has 0 atom stereocenters. The summed E-state index contributed by atoms with van der Waals surface area (Å²) in [7, 11) is 0. The van der Waals surface area contributed by atoms with Crippen LogP contribution in [0.15, 0.2) is 39.6 Å². The molecule has 0 saturated carbocycles. The van der Waals surface area contributed by atoms with Gasteiger partial charge in [0, 0.05) is 11.8 Å². The molecule has 2 rings (SSSR count). The highest BCUT2D eigenvalue weighted by molar-refractivity contribution is 7.97. The fourth-order valence-electron chi connectivity index (χ4n) is 1.50. The maximum Gasteiger partial charge on any atom is 0.416 e. The van der Waals surface area contributed by atoms with Crippen molar-refractivity contribution in [1.29, 1.82) is 0 Å². The monoisotopic (exact) mass is 289 g/mol. The molecule has 0 aliphatic heterocycles. The van der Waals surface area contributed by atoms with E-state index in [9.17, 15) is 18.0 Å². The molecule has 1 aromatic carbocycles. The third-order valence-electron chi connectivity index (χ3n) is 2.34. The van der Waals surface area contributed by atoms with E-state index in [-0.39, 0.29) is 5.56 Å². The van der Waals surface area contributed by atoms with Crippen LogP contribution in [-0.2, 0) is 17.7 Å². The van der Waals surface area contributed by atoms with Gasteiger partial charge in [0.2, 0.25) is 0 Å². The molecule has 0 fully saturated rings. The zero-order valence-corrected chi connectivity index (χ0v) is 10.5. The molecule has 1 N–H and O–H groups in total. The van der Waals surface area contributed by atoms with Gasteiger partial charge in [-0.2, -0.15) is 18.3 Å². The van der Waals surface area contributed by atoms with Crippen molar-refractivity contribution in [2.45, 2.75) is 17.7 Å². The van der Waals surface area contributed by atoms with E-state index in [2.05, 4.69) is 5.16 Å². The van der Waals surface area contributed by atoms with Crippen LogP contribution in [0.5, 0.6) is 0 Å². The number of alkyl halides is 3. The normalized spacial score (nSPS) is 11.7. The summed E-state index contributed by atoms with van der Waals surface area (Å²) in [4.78, 5) is 10.8. The van der Waals surface area contributed by atoms with Gasteiger partial charge in [-0.05, 0) is 11.6 Å². The van der Waals surface area contributed by atoms with Gasteiger partial charge in [0.15, 0.2) is 0 Å². The van der Waals surface area contributed by atoms with Crippen LogP contribution in [0.3, 0.4) is 0 Å². The van der Waals surface area contributed by atoms with Gasteiger partial charge < -0.3 is 4.52 Å². The van der Waals surface area contributed by atoms with Crippen molar-refractivity contribution in [3.8, 4) is 0 Å². The number of aromatic nitrogens is 1. The predicted molar refractivity (Wildman–Crippen MR) is 65.8 cm³/mol. The average molecular weight is 289 g/mol. The highest BCUT2D eigenvalue weighted by atomic mass is 32.2. The van der Waals surface area contributed by atoms with Crippen molar-refractivity contribution in [3.05, 3.63) is 57.6 Å².